The van der Waals surface area contributed by atoms with Crippen LogP contribution in [0, 0.1) is 0 Å². The number of hydrogen-bond acceptors (Lipinski definition) is 4. The maximum atomic E-state index is 11.4. The Morgan fingerprint density at radius 1 is 1.44 bits per heavy atom. The lowest BCUT2D eigenvalue weighted by molar-refractivity contribution is -0.121. The van der Waals surface area contributed by atoms with Crippen molar-refractivity contribution in [2.24, 2.45) is 10.7 Å². The summed E-state index contributed by atoms with van der Waals surface area (Å²) in [5.41, 5.74) is 12.2. The molecule has 1 atom stereocenters. The summed E-state index contributed by atoms with van der Waals surface area (Å²) in [5, 5.41) is 2.48. The average molecular weight is 218 g/mol. The van der Waals surface area contributed by atoms with Gasteiger partial charge in [0.15, 0.2) is 5.96 Å². The van der Waals surface area contributed by atoms with Crippen LogP contribution in [-0.2, 0) is 10.3 Å². The first kappa shape index (κ1) is 10.5. The third-order valence-electron chi connectivity index (χ3n) is 2.65. The van der Waals surface area contributed by atoms with Crippen LogP contribution in [0.25, 0.3) is 0 Å². The fraction of sp³-hybridized carbons (Fsp3) is 0.273. The zero-order chi connectivity index (χ0) is 11.8. The van der Waals surface area contributed by atoms with E-state index in [4.69, 9.17) is 11.5 Å². The van der Waals surface area contributed by atoms with Gasteiger partial charge < -0.3 is 11.5 Å². The van der Waals surface area contributed by atoms with E-state index in [9.17, 15) is 4.79 Å². The van der Waals surface area contributed by atoms with Crippen molar-refractivity contribution in [1.82, 2.24) is 5.32 Å². The maximum absolute atomic E-state index is 11.4. The lowest BCUT2D eigenvalue weighted by Gasteiger charge is -2.29. The Kier molecular flexibility index (Phi) is 2.30. The number of nitrogens with two attached hydrogens (primary N) is 2. The van der Waals surface area contributed by atoms with Gasteiger partial charge in [-0.15, -0.1) is 0 Å². The van der Waals surface area contributed by atoms with Gasteiger partial charge in [-0.05, 0) is 24.6 Å². The minimum atomic E-state index is -0.623. The lowest BCUT2D eigenvalue weighted by atomic mass is 9.88. The van der Waals surface area contributed by atoms with Crippen molar-refractivity contribution in [3.05, 3.63) is 29.8 Å². The summed E-state index contributed by atoms with van der Waals surface area (Å²) in [6.07, 6.45) is 0.275. The molecular formula is C11H14N4O. The second-order valence-corrected chi connectivity index (χ2v) is 4.12. The molecule has 0 saturated heterocycles. The smallest absolute Gasteiger partial charge is 0.229 e. The number of hydrogen-bond donors (Lipinski definition) is 3. The van der Waals surface area contributed by atoms with Crippen LogP contribution < -0.4 is 16.8 Å². The number of nitrogen functional groups attached to an aromatic ring is 1. The summed E-state index contributed by atoms with van der Waals surface area (Å²) in [5.74, 6) is 0.0265. The quantitative estimate of drug-likeness (QED) is 0.592. The van der Waals surface area contributed by atoms with Crippen molar-refractivity contribution in [2.75, 3.05) is 5.73 Å². The van der Waals surface area contributed by atoms with Gasteiger partial charge in [-0.2, -0.15) is 0 Å². The highest BCUT2D eigenvalue weighted by Gasteiger charge is 2.33. The molecule has 5 heteroatoms. The van der Waals surface area contributed by atoms with Gasteiger partial charge in [0.1, 0.15) is 0 Å². The molecule has 2 rings (SSSR count). The second kappa shape index (κ2) is 3.52. The molecule has 0 aliphatic carbocycles. The Bertz CT molecular complexity index is 469. The average Bonchev–Trinajstić information content (AvgIpc) is 2.15. The van der Waals surface area contributed by atoms with Gasteiger partial charge in [0.25, 0.3) is 0 Å². The van der Waals surface area contributed by atoms with E-state index in [2.05, 4.69) is 10.3 Å². The normalized spacial score (nSPS) is 24.8. The first-order valence-electron chi connectivity index (χ1n) is 5.01. The van der Waals surface area contributed by atoms with Gasteiger partial charge in [-0.1, -0.05) is 12.1 Å². The van der Waals surface area contributed by atoms with Crippen molar-refractivity contribution in [2.45, 2.75) is 18.9 Å². The van der Waals surface area contributed by atoms with Gasteiger partial charge in [-0.3, -0.25) is 10.1 Å². The summed E-state index contributed by atoms with van der Waals surface area (Å²) in [4.78, 5) is 15.7. The maximum Gasteiger partial charge on any atom is 0.229 e. The van der Waals surface area contributed by atoms with Gasteiger partial charge >= 0.3 is 0 Å². The van der Waals surface area contributed by atoms with Crippen LogP contribution in [0.15, 0.2) is 29.3 Å². The monoisotopic (exact) mass is 218 g/mol. The van der Waals surface area contributed by atoms with Gasteiger partial charge in [0, 0.05) is 5.69 Å². The minimum absolute atomic E-state index is 0.127. The molecule has 0 fully saturated rings. The molecule has 0 bridgehead atoms. The standard InChI is InChI=1S/C11H14N4O/c1-11(6-9(16)14-10(13)15-11)7-3-2-4-8(12)5-7/h2-5H,6,12H2,1H3,(H3,13,14,15,16)/t11-/m0/s1. The van der Waals surface area contributed by atoms with Crippen LogP contribution in [0.5, 0.6) is 0 Å². The van der Waals surface area contributed by atoms with Crippen molar-refractivity contribution in [1.29, 1.82) is 0 Å². The summed E-state index contributed by atoms with van der Waals surface area (Å²) in [6.45, 7) is 1.87. The molecular weight excluding hydrogens is 204 g/mol. The van der Waals surface area contributed by atoms with E-state index in [-0.39, 0.29) is 18.3 Å². The molecule has 16 heavy (non-hydrogen) atoms. The molecule has 1 aromatic rings. The fourth-order valence-corrected chi connectivity index (χ4v) is 1.87. The number of guanidine groups is 1. The van der Waals surface area contributed by atoms with Crippen molar-refractivity contribution < 1.29 is 4.79 Å². The van der Waals surface area contributed by atoms with E-state index in [1.165, 1.54) is 0 Å². The molecule has 0 spiro atoms. The Morgan fingerprint density at radius 2 is 2.19 bits per heavy atom. The number of carbonyl (C=O) groups is 1. The van der Waals surface area contributed by atoms with Crippen molar-refractivity contribution in [3.8, 4) is 0 Å². The van der Waals surface area contributed by atoms with Crippen LogP contribution in [0.2, 0.25) is 0 Å². The highest BCUT2D eigenvalue weighted by atomic mass is 16.1. The van der Waals surface area contributed by atoms with Crippen LogP contribution in [0.1, 0.15) is 18.9 Å². The largest absolute Gasteiger partial charge is 0.399 e. The molecule has 0 aromatic heterocycles. The molecule has 1 aliphatic rings. The molecule has 1 aliphatic heterocycles. The number of benzene rings is 1. The number of rotatable bonds is 1. The summed E-state index contributed by atoms with van der Waals surface area (Å²) in [7, 11) is 0. The first-order valence-corrected chi connectivity index (χ1v) is 5.01. The SMILES string of the molecule is C[C@@]1(c2cccc(N)c2)CC(=O)NC(N)=N1. The molecule has 0 unspecified atom stereocenters. The fourth-order valence-electron chi connectivity index (χ4n) is 1.87. The predicted octanol–water partition coefficient (Wildman–Crippen LogP) is 0.319. The van der Waals surface area contributed by atoms with E-state index in [1.807, 2.05) is 25.1 Å². The molecule has 1 amide bonds. The van der Waals surface area contributed by atoms with Gasteiger partial charge in [-0.25, -0.2) is 4.99 Å². The minimum Gasteiger partial charge on any atom is -0.399 e. The Morgan fingerprint density at radius 3 is 2.81 bits per heavy atom. The third-order valence-corrected chi connectivity index (χ3v) is 2.65. The second-order valence-electron chi connectivity index (χ2n) is 4.12. The summed E-state index contributed by atoms with van der Waals surface area (Å²) < 4.78 is 0. The number of anilines is 1. The Balaban J connectivity index is 2.46. The number of nitrogens with one attached hydrogen (secondary N) is 1. The van der Waals surface area contributed by atoms with Gasteiger partial charge in [0.2, 0.25) is 5.91 Å². The molecule has 0 saturated carbocycles. The predicted molar refractivity (Wildman–Crippen MR) is 62.6 cm³/mol. The highest BCUT2D eigenvalue weighted by Crippen LogP contribution is 2.31. The Labute approximate surface area is 93.5 Å². The number of amides is 1. The molecule has 5 N–H and O–H groups in total. The van der Waals surface area contributed by atoms with Crippen molar-refractivity contribution in [3.63, 3.8) is 0 Å². The molecule has 1 aromatic carbocycles. The Hall–Kier alpha value is -2.04. The zero-order valence-electron chi connectivity index (χ0n) is 9.03. The highest BCUT2D eigenvalue weighted by molar-refractivity contribution is 5.99. The van der Waals surface area contributed by atoms with E-state index < -0.39 is 5.54 Å². The summed E-state index contributed by atoms with van der Waals surface area (Å²) in [6, 6.07) is 7.35. The van der Waals surface area contributed by atoms with Crippen LogP contribution >= 0.6 is 0 Å². The summed E-state index contributed by atoms with van der Waals surface area (Å²) >= 11 is 0. The number of carbonyl (C=O) groups excluding carboxylic acids is 1. The van der Waals surface area contributed by atoms with Crippen LogP contribution in [0.4, 0.5) is 5.69 Å². The van der Waals surface area contributed by atoms with Gasteiger partial charge in [0.05, 0.1) is 12.0 Å². The molecule has 5 nitrogen and oxygen atoms in total. The zero-order valence-corrected chi connectivity index (χ0v) is 9.03. The molecule has 84 valence electrons. The number of aliphatic imine (C=N–C) groups is 1. The molecule has 0 radical (unpaired) electrons. The van der Waals surface area contributed by atoms with Crippen molar-refractivity contribution >= 4 is 17.6 Å². The van der Waals surface area contributed by atoms with Crippen LogP contribution in [-0.4, -0.2) is 11.9 Å². The topological polar surface area (TPSA) is 93.5 Å². The van der Waals surface area contributed by atoms with Crippen LogP contribution in [0.3, 0.4) is 0 Å². The first-order chi connectivity index (χ1) is 7.49. The number of nitrogens with zero attached hydrogens (tertiary/aromatic N) is 1. The lowest BCUT2D eigenvalue weighted by Crippen LogP contribution is -2.46. The van der Waals surface area contributed by atoms with E-state index >= 15 is 0 Å². The third kappa shape index (κ3) is 1.84. The van der Waals surface area contributed by atoms with E-state index in [0.29, 0.717) is 5.69 Å². The van der Waals surface area contributed by atoms with E-state index in [1.54, 1.807) is 6.07 Å². The molecule has 1 heterocycles. The van der Waals surface area contributed by atoms with E-state index in [0.717, 1.165) is 5.56 Å².